The van der Waals surface area contributed by atoms with Crippen LogP contribution in [0.15, 0.2) is 0 Å². The highest BCUT2D eigenvalue weighted by molar-refractivity contribution is 7.80. The van der Waals surface area contributed by atoms with Gasteiger partial charge in [-0.3, -0.25) is 4.79 Å². The summed E-state index contributed by atoms with van der Waals surface area (Å²) in [5, 5.41) is 0. The van der Waals surface area contributed by atoms with Crippen LogP contribution in [0, 0.1) is 5.41 Å². The zero-order chi connectivity index (χ0) is 13.2. The SMILES string of the molecule is CN1CCCN(C(=O)C2(C(N)=S)CCCC2)CC1. The van der Waals surface area contributed by atoms with Crippen LogP contribution in [0.25, 0.3) is 0 Å². The van der Waals surface area contributed by atoms with Crippen molar-refractivity contribution < 1.29 is 4.79 Å². The molecule has 0 unspecified atom stereocenters. The van der Waals surface area contributed by atoms with Crippen LogP contribution in [0.1, 0.15) is 32.1 Å². The van der Waals surface area contributed by atoms with E-state index in [0.717, 1.165) is 58.3 Å². The first kappa shape index (κ1) is 13.7. The van der Waals surface area contributed by atoms with Gasteiger partial charge in [-0.2, -0.15) is 0 Å². The summed E-state index contributed by atoms with van der Waals surface area (Å²) < 4.78 is 0. The molecule has 2 N–H and O–H groups in total. The van der Waals surface area contributed by atoms with Crippen molar-refractivity contribution in [1.82, 2.24) is 9.80 Å². The van der Waals surface area contributed by atoms with Crippen molar-refractivity contribution >= 4 is 23.1 Å². The third-order valence-corrected chi connectivity index (χ3v) is 4.74. The van der Waals surface area contributed by atoms with E-state index in [1.807, 2.05) is 4.90 Å². The second kappa shape index (κ2) is 5.53. The molecule has 1 aliphatic carbocycles. The third-order valence-electron chi connectivity index (χ3n) is 4.34. The molecular weight excluding hydrogens is 246 g/mol. The molecule has 18 heavy (non-hydrogen) atoms. The van der Waals surface area contributed by atoms with Gasteiger partial charge < -0.3 is 15.5 Å². The smallest absolute Gasteiger partial charge is 0.235 e. The molecule has 2 rings (SSSR count). The van der Waals surface area contributed by atoms with Crippen molar-refractivity contribution in [2.24, 2.45) is 11.1 Å². The number of thiocarbonyl (C=S) groups is 1. The van der Waals surface area contributed by atoms with Gasteiger partial charge in [0.15, 0.2) is 0 Å². The highest BCUT2D eigenvalue weighted by atomic mass is 32.1. The van der Waals surface area contributed by atoms with Gasteiger partial charge in [-0.15, -0.1) is 0 Å². The van der Waals surface area contributed by atoms with Gasteiger partial charge in [0.2, 0.25) is 5.91 Å². The molecule has 0 bridgehead atoms. The molecule has 0 spiro atoms. The number of carbonyl (C=O) groups is 1. The quantitative estimate of drug-likeness (QED) is 0.760. The van der Waals surface area contributed by atoms with Crippen LogP contribution in [-0.2, 0) is 4.79 Å². The largest absolute Gasteiger partial charge is 0.392 e. The fraction of sp³-hybridized carbons (Fsp3) is 0.846. The summed E-state index contributed by atoms with van der Waals surface area (Å²) in [5.74, 6) is 0.183. The lowest BCUT2D eigenvalue weighted by Gasteiger charge is -2.33. The Kier molecular flexibility index (Phi) is 4.22. The number of hydrogen-bond acceptors (Lipinski definition) is 3. The van der Waals surface area contributed by atoms with Gasteiger partial charge in [-0.1, -0.05) is 25.1 Å². The summed E-state index contributed by atoms with van der Waals surface area (Å²) >= 11 is 5.19. The molecule has 2 aliphatic rings. The molecule has 0 atom stereocenters. The molecule has 0 radical (unpaired) electrons. The number of carbonyl (C=O) groups excluding carboxylic acids is 1. The van der Waals surface area contributed by atoms with Crippen LogP contribution in [0.2, 0.25) is 0 Å². The zero-order valence-corrected chi connectivity index (χ0v) is 12.0. The summed E-state index contributed by atoms with van der Waals surface area (Å²) in [6, 6.07) is 0. The van der Waals surface area contributed by atoms with E-state index in [-0.39, 0.29) is 5.91 Å². The summed E-state index contributed by atoms with van der Waals surface area (Å²) in [7, 11) is 2.10. The molecule has 2 fully saturated rings. The molecule has 0 aromatic rings. The van der Waals surface area contributed by atoms with Crippen molar-refractivity contribution in [3.8, 4) is 0 Å². The molecule has 102 valence electrons. The molecule has 1 saturated heterocycles. The van der Waals surface area contributed by atoms with Gasteiger partial charge in [0.1, 0.15) is 0 Å². The second-order valence-corrected chi connectivity index (χ2v) is 6.04. The molecule has 0 aromatic carbocycles. The molecule has 1 saturated carbocycles. The van der Waals surface area contributed by atoms with Crippen molar-refractivity contribution in [2.45, 2.75) is 32.1 Å². The maximum absolute atomic E-state index is 12.8. The molecule has 5 heteroatoms. The Morgan fingerprint density at radius 2 is 1.78 bits per heavy atom. The highest BCUT2D eigenvalue weighted by Gasteiger charge is 2.46. The lowest BCUT2D eigenvalue weighted by molar-refractivity contribution is -0.138. The minimum atomic E-state index is -0.530. The number of hydrogen-bond donors (Lipinski definition) is 1. The topological polar surface area (TPSA) is 49.6 Å². The van der Waals surface area contributed by atoms with Crippen LogP contribution >= 0.6 is 12.2 Å². The van der Waals surface area contributed by atoms with E-state index in [1.54, 1.807) is 0 Å². The van der Waals surface area contributed by atoms with E-state index in [1.165, 1.54) is 0 Å². The van der Waals surface area contributed by atoms with Crippen LogP contribution in [0.3, 0.4) is 0 Å². The fourth-order valence-electron chi connectivity index (χ4n) is 3.10. The van der Waals surface area contributed by atoms with Crippen molar-refractivity contribution in [3.63, 3.8) is 0 Å². The van der Waals surface area contributed by atoms with Crippen LogP contribution in [0.5, 0.6) is 0 Å². The van der Waals surface area contributed by atoms with E-state index >= 15 is 0 Å². The summed E-state index contributed by atoms with van der Waals surface area (Å²) in [5.41, 5.74) is 5.35. The highest BCUT2D eigenvalue weighted by Crippen LogP contribution is 2.40. The Bertz CT molecular complexity index is 339. The van der Waals surface area contributed by atoms with E-state index in [2.05, 4.69) is 11.9 Å². The average Bonchev–Trinajstić information content (AvgIpc) is 2.74. The number of amides is 1. The molecule has 0 aromatic heterocycles. The zero-order valence-electron chi connectivity index (χ0n) is 11.2. The summed E-state index contributed by atoms with van der Waals surface area (Å²) in [4.78, 5) is 17.4. The Hall–Kier alpha value is -0.680. The van der Waals surface area contributed by atoms with Gasteiger partial charge in [-0.05, 0) is 32.9 Å². The van der Waals surface area contributed by atoms with Crippen molar-refractivity contribution in [2.75, 3.05) is 33.2 Å². The number of nitrogens with zero attached hydrogens (tertiary/aromatic N) is 2. The predicted octanol–water partition coefficient (Wildman–Crippen LogP) is 0.997. The number of nitrogens with two attached hydrogens (primary N) is 1. The Labute approximate surface area is 114 Å². The molecule has 1 amide bonds. The molecular formula is C13H23N3OS. The Morgan fingerprint density at radius 3 is 2.39 bits per heavy atom. The summed E-state index contributed by atoms with van der Waals surface area (Å²) in [6.07, 6.45) is 4.85. The van der Waals surface area contributed by atoms with Gasteiger partial charge in [0.05, 0.1) is 10.4 Å². The van der Waals surface area contributed by atoms with Crippen LogP contribution < -0.4 is 5.73 Å². The Balaban J connectivity index is 2.11. The minimum absolute atomic E-state index is 0.183. The molecule has 4 nitrogen and oxygen atoms in total. The first-order valence-electron chi connectivity index (χ1n) is 6.84. The summed E-state index contributed by atoms with van der Waals surface area (Å²) in [6.45, 7) is 3.65. The first-order valence-corrected chi connectivity index (χ1v) is 7.25. The van der Waals surface area contributed by atoms with E-state index in [4.69, 9.17) is 18.0 Å². The predicted molar refractivity (Wildman–Crippen MR) is 76.4 cm³/mol. The van der Waals surface area contributed by atoms with Gasteiger partial charge in [-0.25, -0.2) is 0 Å². The molecule has 1 aliphatic heterocycles. The standard InChI is InChI=1S/C13H23N3OS/c1-15-7-4-8-16(10-9-15)12(17)13(11(14)18)5-2-3-6-13/h2-10H2,1H3,(H2,14,18). The lowest BCUT2D eigenvalue weighted by Crippen LogP contribution is -2.50. The van der Waals surface area contributed by atoms with E-state index in [0.29, 0.717) is 4.99 Å². The second-order valence-electron chi connectivity index (χ2n) is 5.60. The van der Waals surface area contributed by atoms with Crippen LogP contribution in [-0.4, -0.2) is 53.9 Å². The monoisotopic (exact) mass is 269 g/mol. The maximum Gasteiger partial charge on any atom is 0.235 e. The Morgan fingerprint density at radius 1 is 1.11 bits per heavy atom. The normalized spacial score (nSPS) is 24.8. The maximum atomic E-state index is 12.8. The van der Waals surface area contributed by atoms with Crippen LogP contribution in [0.4, 0.5) is 0 Å². The van der Waals surface area contributed by atoms with Gasteiger partial charge in [0.25, 0.3) is 0 Å². The minimum Gasteiger partial charge on any atom is -0.392 e. The average molecular weight is 269 g/mol. The van der Waals surface area contributed by atoms with Crippen molar-refractivity contribution in [3.05, 3.63) is 0 Å². The number of rotatable bonds is 2. The molecule has 1 heterocycles. The van der Waals surface area contributed by atoms with E-state index < -0.39 is 5.41 Å². The van der Waals surface area contributed by atoms with Gasteiger partial charge in [0, 0.05) is 19.6 Å². The lowest BCUT2D eigenvalue weighted by atomic mass is 9.84. The van der Waals surface area contributed by atoms with Gasteiger partial charge >= 0.3 is 0 Å². The third kappa shape index (κ3) is 2.52. The van der Waals surface area contributed by atoms with Crippen molar-refractivity contribution in [1.29, 1.82) is 0 Å². The fourth-order valence-corrected chi connectivity index (χ4v) is 3.39. The van der Waals surface area contributed by atoms with E-state index in [9.17, 15) is 4.79 Å². The number of likely N-dealkylation sites (N-methyl/N-ethyl adjacent to an activating group) is 1. The first-order chi connectivity index (χ1) is 8.56.